The highest BCUT2D eigenvalue weighted by molar-refractivity contribution is 5.96. The third-order valence-electron chi connectivity index (χ3n) is 4.62. The van der Waals surface area contributed by atoms with Gasteiger partial charge in [0.25, 0.3) is 5.91 Å². The molecule has 2 rings (SSSR count). The lowest BCUT2D eigenvalue weighted by Gasteiger charge is -2.35. The molecule has 1 heterocycles. The number of amides is 1. The number of rotatable bonds is 3. The van der Waals surface area contributed by atoms with Gasteiger partial charge in [-0.1, -0.05) is 45.9 Å². The van der Waals surface area contributed by atoms with Crippen LogP contribution >= 0.6 is 0 Å². The van der Waals surface area contributed by atoms with E-state index in [0.29, 0.717) is 23.9 Å². The molecule has 0 radical (unpaired) electrons. The normalized spacial score (nSPS) is 22.9. The smallest absolute Gasteiger partial charge is 0.254 e. The summed E-state index contributed by atoms with van der Waals surface area (Å²) < 4.78 is 0. The molecule has 110 valence electrons. The Bertz CT molecular complexity index is 462. The number of hydrogen-bond acceptors (Lipinski definition) is 1. The Morgan fingerprint density at radius 1 is 1.05 bits per heavy atom. The number of benzene rings is 1. The van der Waals surface area contributed by atoms with Gasteiger partial charge in [0.2, 0.25) is 0 Å². The topological polar surface area (TPSA) is 20.3 Å². The van der Waals surface area contributed by atoms with Crippen molar-refractivity contribution in [2.75, 3.05) is 0 Å². The molecule has 0 spiro atoms. The van der Waals surface area contributed by atoms with Crippen molar-refractivity contribution in [3.05, 3.63) is 35.4 Å². The zero-order valence-corrected chi connectivity index (χ0v) is 13.4. The van der Waals surface area contributed by atoms with E-state index in [1.165, 1.54) is 0 Å². The molecule has 1 amide bonds. The van der Waals surface area contributed by atoms with Gasteiger partial charge >= 0.3 is 0 Å². The minimum Gasteiger partial charge on any atom is -0.332 e. The van der Waals surface area contributed by atoms with Gasteiger partial charge in [-0.25, -0.2) is 0 Å². The minimum absolute atomic E-state index is 0.220. The van der Waals surface area contributed by atoms with Crippen LogP contribution in [0.25, 0.3) is 0 Å². The van der Waals surface area contributed by atoms with E-state index in [2.05, 4.69) is 32.6 Å². The molecular formula is C18H27NO. The summed E-state index contributed by atoms with van der Waals surface area (Å²) in [6.07, 6.45) is 2.27. The number of carbonyl (C=O) groups excluding carboxylic acids is 1. The molecule has 1 aromatic carbocycles. The standard InChI is InChI=1S/C18H27NO/c1-12(2)16-10-11-17(13(3)4)19(16)18(20)15-9-7-6-8-14(15)5/h6-9,12-13,16-17H,10-11H2,1-5H3/t16-,17?/m0/s1. The van der Waals surface area contributed by atoms with Crippen molar-refractivity contribution in [2.24, 2.45) is 11.8 Å². The molecule has 1 aliphatic heterocycles. The third-order valence-corrected chi connectivity index (χ3v) is 4.62. The lowest BCUT2D eigenvalue weighted by Crippen LogP contribution is -2.45. The Kier molecular flexibility index (Phi) is 4.52. The summed E-state index contributed by atoms with van der Waals surface area (Å²) in [5.74, 6) is 1.26. The van der Waals surface area contributed by atoms with Crippen LogP contribution in [0.3, 0.4) is 0 Å². The van der Waals surface area contributed by atoms with E-state index >= 15 is 0 Å². The van der Waals surface area contributed by atoms with E-state index in [4.69, 9.17) is 0 Å². The van der Waals surface area contributed by atoms with Crippen molar-refractivity contribution in [1.29, 1.82) is 0 Å². The largest absolute Gasteiger partial charge is 0.332 e. The molecule has 1 fully saturated rings. The van der Waals surface area contributed by atoms with Crippen LogP contribution in [0.15, 0.2) is 24.3 Å². The van der Waals surface area contributed by atoms with Gasteiger partial charge in [-0.05, 0) is 43.2 Å². The molecule has 0 saturated carbocycles. The summed E-state index contributed by atoms with van der Waals surface area (Å²) in [6.45, 7) is 10.9. The van der Waals surface area contributed by atoms with Crippen LogP contribution < -0.4 is 0 Å². The number of aryl methyl sites for hydroxylation is 1. The quantitative estimate of drug-likeness (QED) is 0.805. The molecule has 2 nitrogen and oxygen atoms in total. The number of hydrogen-bond donors (Lipinski definition) is 0. The van der Waals surface area contributed by atoms with E-state index in [-0.39, 0.29) is 5.91 Å². The zero-order valence-electron chi connectivity index (χ0n) is 13.4. The highest BCUT2D eigenvalue weighted by atomic mass is 16.2. The molecule has 20 heavy (non-hydrogen) atoms. The summed E-state index contributed by atoms with van der Waals surface area (Å²) in [6, 6.07) is 8.72. The van der Waals surface area contributed by atoms with E-state index in [0.717, 1.165) is 24.0 Å². The Labute approximate surface area is 123 Å². The second-order valence-electron chi connectivity index (χ2n) is 6.73. The number of nitrogens with zero attached hydrogens (tertiary/aromatic N) is 1. The van der Waals surface area contributed by atoms with E-state index in [1.54, 1.807) is 0 Å². The average molecular weight is 273 g/mol. The first-order valence-electron chi connectivity index (χ1n) is 7.81. The van der Waals surface area contributed by atoms with Crippen LogP contribution in [0.4, 0.5) is 0 Å². The average Bonchev–Trinajstić information content (AvgIpc) is 2.83. The van der Waals surface area contributed by atoms with E-state index in [9.17, 15) is 4.79 Å². The van der Waals surface area contributed by atoms with Crippen LogP contribution in [-0.4, -0.2) is 22.9 Å². The highest BCUT2D eigenvalue weighted by Crippen LogP contribution is 2.34. The molecule has 1 aromatic rings. The fourth-order valence-corrected chi connectivity index (χ4v) is 3.43. The molecule has 1 unspecified atom stereocenters. The molecule has 0 N–H and O–H groups in total. The van der Waals surface area contributed by atoms with Crippen LogP contribution in [-0.2, 0) is 0 Å². The molecule has 0 bridgehead atoms. The van der Waals surface area contributed by atoms with Gasteiger partial charge in [-0.2, -0.15) is 0 Å². The summed E-state index contributed by atoms with van der Waals surface area (Å²) in [4.78, 5) is 15.2. The van der Waals surface area contributed by atoms with Crippen molar-refractivity contribution in [1.82, 2.24) is 4.90 Å². The predicted octanol–water partition coefficient (Wildman–Crippen LogP) is 4.28. The first kappa shape index (κ1) is 15.1. The van der Waals surface area contributed by atoms with Crippen molar-refractivity contribution < 1.29 is 4.79 Å². The lowest BCUT2D eigenvalue weighted by molar-refractivity contribution is 0.0575. The maximum Gasteiger partial charge on any atom is 0.254 e. The number of likely N-dealkylation sites (tertiary alicyclic amines) is 1. The molecule has 1 aliphatic rings. The Balaban J connectivity index is 2.35. The van der Waals surface area contributed by atoms with E-state index < -0.39 is 0 Å². The molecule has 0 aromatic heterocycles. The fraction of sp³-hybridized carbons (Fsp3) is 0.611. The SMILES string of the molecule is Cc1ccccc1C(=O)N1C(C(C)C)CC[C@H]1C(C)C. The fourth-order valence-electron chi connectivity index (χ4n) is 3.43. The summed E-state index contributed by atoms with van der Waals surface area (Å²) in [7, 11) is 0. The molecule has 2 atom stereocenters. The van der Waals surface area contributed by atoms with Crippen LogP contribution in [0.2, 0.25) is 0 Å². The van der Waals surface area contributed by atoms with Crippen molar-refractivity contribution >= 4 is 5.91 Å². The Morgan fingerprint density at radius 2 is 1.55 bits per heavy atom. The first-order valence-corrected chi connectivity index (χ1v) is 7.81. The first-order chi connectivity index (χ1) is 9.43. The van der Waals surface area contributed by atoms with Gasteiger partial charge in [0, 0.05) is 17.6 Å². The summed E-state index contributed by atoms with van der Waals surface area (Å²) in [5.41, 5.74) is 1.94. The third kappa shape index (κ3) is 2.74. The highest BCUT2D eigenvalue weighted by Gasteiger charge is 2.40. The lowest BCUT2D eigenvalue weighted by atomic mass is 10.00. The van der Waals surface area contributed by atoms with Crippen molar-refractivity contribution in [2.45, 2.75) is 59.5 Å². The van der Waals surface area contributed by atoms with Gasteiger partial charge in [0.1, 0.15) is 0 Å². The summed E-state index contributed by atoms with van der Waals surface area (Å²) >= 11 is 0. The van der Waals surface area contributed by atoms with Crippen molar-refractivity contribution in [3.63, 3.8) is 0 Å². The second kappa shape index (κ2) is 5.99. The predicted molar refractivity (Wildman–Crippen MR) is 83.8 cm³/mol. The van der Waals surface area contributed by atoms with Crippen LogP contribution in [0.1, 0.15) is 56.5 Å². The van der Waals surface area contributed by atoms with Gasteiger partial charge < -0.3 is 4.90 Å². The zero-order chi connectivity index (χ0) is 14.9. The maximum atomic E-state index is 13.0. The minimum atomic E-state index is 0.220. The Hall–Kier alpha value is -1.31. The van der Waals surface area contributed by atoms with Gasteiger partial charge in [0.05, 0.1) is 0 Å². The number of carbonyl (C=O) groups is 1. The van der Waals surface area contributed by atoms with Gasteiger partial charge in [-0.3, -0.25) is 4.79 Å². The monoisotopic (exact) mass is 273 g/mol. The second-order valence-corrected chi connectivity index (χ2v) is 6.73. The molecule has 1 saturated heterocycles. The molecule has 0 aliphatic carbocycles. The maximum absolute atomic E-state index is 13.0. The molecule has 2 heteroatoms. The van der Waals surface area contributed by atoms with Gasteiger partial charge in [-0.15, -0.1) is 0 Å². The van der Waals surface area contributed by atoms with Crippen LogP contribution in [0.5, 0.6) is 0 Å². The van der Waals surface area contributed by atoms with Gasteiger partial charge in [0.15, 0.2) is 0 Å². The summed E-state index contributed by atoms with van der Waals surface area (Å²) in [5, 5.41) is 0. The van der Waals surface area contributed by atoms with Crippen LogP contribution in [0, 0.1) is 18.8 Å². The van der Waals surface area contributed by atoms with Crippen molar-refractivity contribution in [3.8, 4) is 0 Å². The Morgan fingerprint density at radius 3 is 2.00 bits per heavy atom. The van der Waals surface area contributed by atoms with E-state index in [1.807, 2.05) is 31.2 Å². The molecular weight excluding hydrogens is 246 g/mol.